The second-order valence-corrected chi connectivity index (χ2v) is 8.60. The van der Waals surface area contributed by atoms with E-state index in [4.69, 9.17) is 9.26 Å². The van der Waals surface area contributed by atoms with Gasteiger partial charge in [0.2, 0.25) is 5.82 Å². The lowest BCUT2D eigenvalue weighted by atomic mass is 10.0. The van der Waals surface area contributed by atoms with Crippen LogP contribution in [0.2, 0.25) is 0 Å². The van der Waals surface area contributed by atoms with Crippen LogP contribution < -0.4 is 4.74 Å². The molecule has 0 bridgehead atoms. The molecule has 0 amide bonds. The Hall–Kier alpha value is -3.21. The van der Waals surface area contributed by atoms with Gasteiger partial charge in [0.1, 0.15) is 11.8 Å². The maximum atomic E-state index is 9.52. The lowest BCUT2D eigenvalue weighted by Crippen LogP contribution is -2.31. The molecule has 0 aliphatic heterocycles. The standard InChI is InChI=1S/C26H30N4O3/c1-4-12-30(13-14-31)23-10-9-20-21(23)6-5-7-22(20)25-28-26(33-29-25)18-8-11-24(32-17(2)3)19(15-18)16-27/h5-8,11,15,17,23,31H,4,9-10,12-14H2,1-3H3/t23-/m1/s1. The largest absolute Gasteiger partial charge is 0.490 e. The van der Waals surface area contributed by atoms with Gasteiger partial charge in [0, 0.05) is 23.7 Å². The fraction of sp³-hybridized carbons (Fsp3) is 0.423. The lowest BCUT2D eigenvalue weighted by Gasteiger charge is -2.28. The fourth-order valence-corrected chi connectivity index (χ4v) is 4.62. The van der Waals surface area contributed by atoms with E-state index in [0.717, 1.165) is 31.4 Å². The number of aliphatic hydroxyl groups excluding tert-OH is 1. The monoisotopic (exact) mass is 446 g/mol. The van der Waals surface area contributed by atoms with E-state index in [1.54, 1.807) is 12.1 Å². The van der Waals surface area contributed by atoms with Crippen molar-refractivity contribution in [2.75, 3.05) is 19.7 Å². The molecule has 2 aromatic carbocycles. The molecule has 1 aromatic heterocycles. The zero-order valence-corrected chi connectivity index (χ0v) is 19.4. The molecule has 0 saturated heterocycles. The normalized spacial score (nSPS) is 15.1. The van der Waals surface area contributed by atoms with Gasteiger partial charge in [-0.25, -0.2) is 0 Å². The molecule has 0 unspecified atom stereocenters. The second kappa shape index (κ2) is 10.2. The minimum Gasteiger partial charge on any atom is -0.490 e. The second-order valence-electron chi connectivity index (χ2n) is 8.60. The zero-order valence-electron chi connectivity index (χ0n) is 19.4. The summed E-state index contributed by atoms with van der Waals surface area (Å²) in [5.41, 5.74) is 4.62. The van der Waals surface area contributed by atoms with Crippen LogP contribution in [-0.4, -0.2) is 45.9 Å². The van der Waals surface area contributed by atoms with Crippen molar-refractivity contribution in [1.29, 1.82) is 5.26 Å². The molecule has 7 nitrogen and oxygen atoms in total. The van der Waals surface area contributed by atoms with E-state index in [1.807, 2.05) is 32.0 Å². The first-order valence-corrected chi connectivity index (χ1v) is 11.6. The highest BCUT2D eigenvalue weighted by Gasteiger charge is 2.30. The summed E-state index contributed by atoms with van der Waals surface area (Å²) in [5.74, 6) is 1.47. The third kappa shape index (κ3) is 4.77. The van der Waals surface area contributed by atoms with E-state index in [0.29, 0.717) is 41.2 Å². The highest BCUT2D eigenvalue weighted by molar-refractivity contribution is 5.67. The van der Waals surface area contributed by atoms with Gasteiger partial charge in [-0.3, -0.25) is 4.90 Å². The number of ether oxygens (including phenoxy) is 1. The molecule has 1 aliphatic rings. The summed E-state index contributed by atoms with van der Waals surface area (Å²) >= 11 is 0. The Labute approximate surface area is 194 Å². The lowest BCUT2D eigenvalue weighted by molar-refractivity contribution is 0.150. The van der Waals surface area contributed by atoms with Gasteiger partial charge in [0.05, 0.1) is 18.3 Å². The summed E-state index contributed by atoms with van der Waals surface area (Å²) < 4.78 is 11.3. The van der Waals surface area contributed by atoms with E-state index < -0.39 is 0 Å². The van der Waals surface area contributed by atoms with Gasteiger partial charge in [-0.2, -0.15) is 10.2 Å². The summed E-state index contributed by atoms with van der Waals surface area (Å²) in [7, 11) is 0. The van der Waals surface area contributed by atoms with Gasteiger partial charge in [-0.05, 0) is 69.0 Å². The maximum Gasteiger partial charge on any atom is 0.258 e. The van der Waals surface area contributed by atoms with Gasteiger partial charge in [-0.1, -0.05) is 30.3 Å². The Balaban J connectivity index is 1.64. The topological polar surface area (TPSA) is 95.4 Å². The third-order valence-electron chi connectivity index (χ3n) is 5.95. The van der Waals surface area contributed by atoms with Gasteiger partial charge in [-0.15, -0.1) is 0 Å². The molecular formula is C26H30N4O3. The van der Waals surface area contributed by atoms with Crippen LogP contribution in [0.3, 0.4) is 0 Å². The average molecular weight is 447 g/mol. The predicted octanol–water partition coefficient (Wildman–Crippen LogP) is 4.75. The number of rotatable bonds is 9. The molecule has 0 fully saturated rings. The van der Waals surface area contributed by atoms with E-state index in [-0.39, 0.29) is 12.7 Å². The Morgan fingerprint density at radius 2 is 2.12 bits per heavy atom. The molecular weight excluding hydrogens is 416 g/mol. The Bertz CT molecular complexity index is 1140. The van der Waals surface area contributed by atoms with Crippen molar-refractivity contribution in [1.82, 2.24) is 15.0 Å². The quantitative estimate of drug-likeness (QED) is 0.506. The number of nitrogens with zero attached hydrogens (tertiary/aromatic N) is 4. The van der Waals surface area contributed by atoms with Crippen molar-refractivity contribution in [3.8, 4) is 34.7 Å². The molecule has 3 aromatic rings. The Kier molecular flexibility index (Phi) is 7.07. The van der Waals surface area contributed by atoms with E-state index in [1.165, 1.54) is 11.1 Å². The van der Waals surface area contributed by atoms with Crippen molar-refractivity contribution in [2.24, 2.45) is 0 Å². The van der Waals surface area contributed by atoms with E-state index >= 15 is 0 Å². The van der Waals surface area contributed by atoms with Crippen LogP contribution in [0.1, 0.15) is 56.3 Å². The molecule has 0 saturated carbocycles. The SMILES string of the molecule is CCCN(CCO)[C@@H]1CCc2c(-c3noc(-c4ccc(OC(C)C)c(C#N)c4)n3)cccc21. The molecule has 1 heterocycles. The Morgan fingerprint density at radius 3 is 2.85 bits per heavy atom. The first-order chi connectivity index (χ1) is 16.0. The van der Waals surface area contributed by atoms with Crippen LogP contribution in [0.5, 0.6) is 5.75 Å². The smallest absolute Gasteiger partial charge is 0.258 e. The van der Waals surface area contributed by atoms with Crippen molar-refractivity contribution in [3.63, 3.8) is 0 Å². The molecule has 1 aliphatic carbocycles. The van der Waals surface area contributed by atoms with Crippen LogP contribution in [0.25, 0.3) is 22.8 Å². The molecule has 33 heavy (non-hydrogen) atoms. The van der Waals surface area contributed by atoms with Gasteiger partial charge >= 0.3 is 0 Å². The number of benzene rings is 2. The van der Waals surface area contributed by atoms with Crippen molar-refractivity contribution in [2.45, 2.75) is 52.2 Å². The van der Waals surface area contributed by atoms with Crippen LogP contribution >= 0.6 is 0 Å². The van der Waals surface area contributed by atoms with E-state index in [2.05, 4.69) is 34.1 Å². The highest BCUT2D eigenvalue weighted by Crippen LogP contribution is 2.40. The van der Waals surface area contributed by atoms with Crippen LogP contribution in [-0.2, 0) is 6.42 Å². The molecule has 4 rings (SSSR count). The number of nitriles is 1. The minimum absolute atomic E-state index is 0.0208. The molecule has 1 atom stereocenters. The third-order valence-corrected chi connectivity index (χ3v) is 5.95. The van der Waals surface area contributed by atoms with Gasteiger partial charge in [0.15, 0.2) is 0 Å². The fourth-order valence-electron chi connectivity index (χ4n) is 4.62. The van der Waals surface area contributed by atoms with Gasteiger partial charge in [0.25, 0.3) is 5.89 Å². The number of fused-ring (bicyclic) bond motifs is 1. The Morgan fingerprint density at radius 1 is 1.27 bits per heavy atom. The first kappa shape index (κ1) is 23.0. The van der Waals surface area contributed by atoms with Crippen molar-refractivity contribution < 1.29 is 14.4 Å². The van der Waals surface area contributed by atoms with Crippen LogP contribution in [0.15, 0.2) is 40.9 Å². The summed E-state index contributed by atoms with van der Waals surface area (Å²) in [6.45, 7) is 7.80. The van der Waals surface area contributed by atoms with E-state index in [9.17, 15) is 10.4 Å². The summed E-state index contributed by atoms with van der Waals surface area (Å²) in [6.07, 6.45) is 2.98. The first-order valence-electron chi connectivity index (χ1n) is 11.6. The molecule has 1 N–H and O–H groups in total. The molecule has 172 valence electrons. The zero-order chi connectivity index (χ0) is 23.4. The summed E-state index contributed by atoms with van der Waals surface area (Å²) in [4.78, 5) is 7.02. The molecule has 0 radical (unpaired) electrons. The summed E-state index contributed by atoms with van der Waals surface area (Å²) in [5, 5.41) is 23.3. The minimum atomic E-state index is -0.0208. The molecule has 7 heteroatoms. The summed E-state index contributed by atoms with van der Waals surface area (Å²) in [6, 6.07) is 14.0. The van der Waals surface area contributed by atoms with Crippen molar-refractivity contribution in [3.05, 3.63) is 53.1 Å². The highest BCUT2D eigenvalue weighted by atomic mass is 16.5. The van der Waals surface area contributed by atoms with Crippen molar-refractivity contribution >= 4 is 0 Å². The number of aromatic nitrogens is 2. The average Bonchev–Trinajstić information content (AvgIpc) is 3.46. The van der Waals surface area contributed by atoms with Gasteiger partial charge < -0.3 is 14.4 Å². The van der Waals surface area contributed by atoms with Crippen LogP contribution in [0.4, 0.5) is 0 Å². The molecule has 0 spiro atoms. The number of hydrogen-bond acceptors (Lipinski definition) is 7. The predicted molar refractivity (Wildman–Crippen MR) is 126 cm³/mol. The number of aliphatic hydroxyl groups is 1. The van der Waals surface area contributed by atoms with Crippen LogP contribution in [0, 0.1) is 11.3 Å². The maximum absolute atomic E-state index is 9.52. The number of hydrogen-bond donors (Lipinski definition) is 1.